The van der Waals surface area contributed by atoms with Gasteiger partial charge < -0.3 is 5.32 Å². The summed E-state index contributed by atoms with van der Waals surface area (Å²) in [5.41, 5.74) is 2.82. The molecule has 118 valence electrons. The number of benzene rings is 1. The van der Waals surface area contributed by atoms with Crippen LogP contribution < -0.4 is 5.32 Å². The highest BCUT2D eigenvalue weighted by molar-refractivity contribution is 7.08. The molecule has 1 aromatic carbocycles. The molecular formula is C17H16ClN3OS. The molecule has 0 aliphatic carbocycles. The molecule has 2 aromatic heterocycles. The van der Waals surface area contributed by atoms with Gasteiger partial charge in [0.2, 0.25) is 5.91 Å². The number of aryl methyl sites for hydroxylation is 1. The fraction of sp³-hybridized carbons (Fsp3) is 0.176. The molecule has 0 fully saturated rings. The Morgan fingerprint density at radius 3 is 2.65 bits per heavy atom. The summed E-state index contributed by atoms with van der Waals surface area (Å²) in [6, 6.07) is 11.2. The number of hydrogen-bond donors (Lipinski definition) is 1. The number of halogens is 1. The van der Waals surface area contributed by atoms with Crippen molar-refractivity contribution in [1.82, 2.24) is 15.1 Å². The molecule has 0 spiro atoms. The van der Waals surface area contributed by atoms with Gasteiger partial charge in [0.05, 0.1) is 18.2 Å². The molecule has 0 aliphatic heterocycles. The third-order valence-corrected chi connectivity index (χ3v) is 4.45. The van der Waals surface area contributed by atoms with E-state index in [9.17, 15) is 4.79 Å². The Morgan fingerprint density at radius 1 is 1.26 bits per heavy atom. The van der Waals surface area contributed by atoms with E-state index < -0.39 is 0 Å². The van der Waals surface area contributed by atoms with Crippen molar-refractivity contribution in [2.45, 2.75) is 12.5 Å². The molecule has 0 aliphatic rings. The standard InChI is InChI=1S/C17H16ClN3OS/c1-21-8-6-15(20-21)10-16(22)19-17(13-7-9-23-11-13)12-2-4-14(18)5-3-12/h2-9,11,17H,10H2,1H3,(H,19,22)/t17-/m0/s1. The molecule has 2 heterocycles. The van der Waals surface area contributed by atoms with E-state index in [2.05, 4.69) is 10.4 Å². The van der Waals surface area contributed by atoms with Crippen LogP contribution in [0, 0.1) is 0 Å². The summed E-state index contributed by atoms with van der Waals surface area (Å²) in [6.07, 6.45) is 2.09. The van der Waals surface area contributed by atoms with Crippen molar-refractivity contribution in [3.05, 3.63) is 75.2 Å². The second-order valence-electron chi connectivity index (χ2n) is 5.27. The number of carbonyl (C=O) groups is 1. The van der Waals surface area contributed by atoms with Gasteiger partial charge in [0.1, 0.15) is 0 Å². The molecule has 0 saturated carbocycles. The zero-order chi connectivity index (χ0) is 16.2. The van der Waals surface area contributed by atoms with Crippen LogP contribution in [0.4, 0.5) is 0 Å². The lowest BCUT2D eigenvalue weighted by Gasteiger charge is -2.18. The fourth-order valence-electron chi connectivity index (χ4n) is 2.39. The molecule has 0 unspecified atom stereocenters. The Bertz CT molecular complexity index is 781. The maximum Gasteiger partial charge on any atom is 0.226 e. The smallest absolute Gasteiger partial charge is 0.226 e. The van der Waals surface area contributed by atoms with Crippen molar-refractivity contribution in [3.8, 4) is 0 Å². The maximum absolute atomic E-state index is 12.4. The lowest BCUT2D eigenvalue weighted by molar-refractivity contribution is -0.121. The van der Waals surface area contributed by atoms with Crippen LogP contribution in [0.3, 0.4) is 0 Å². The van der Waals surface area contributed by atoms with Crippen LogP contribution in [0.5, 0.6) is 0 Å². The summed E-state index contributed by atoms with van der Waals surface area (Å²) < 4.78 is 1.69. The number of nitrogens with zero attached hydrogens (tertiary/aromatic N) is 2. The number of thiophene rings is 1. The first kappa shape index (κ1) is 15.8. The number of hydrogen-bond acceptors (Lipinski definition) is 3. The van der Waals surface area contributed by atoms with Crippen molar-refractivity contribution in [3.63, 3.8) is 0 Å². The fourth-order valence-corrected chi connectivity index (χ4v) is 3.20. The van der Waals surface area contributed by atoms with E-state index in [0.29, 0.717) is 5.02 Å². The first-order chi connectivity index (χ1) is 11.1. The van der Waals surface area contributed by atoms with Gasteiger partial charge in [-0.2, -0.15) is 16.4 Å². The van der Waals surface area contributed by atoms with Gasteiger partial charge in [-0.15, -0.1) is 0 Å². The quantitative estimate of drug-likeness (QED) is 0.768. The van der Waals surface area contributed by atoms with E-state index >= 15 is 0 Å². The number of aromatic nitrogens is 2. The van der Waals surface area contributed by atoms with Crippen LogP contribution in [0.1, 0.15) is 22.9 Å². The number of nitrogens with one attached hydrogen (secondary N) is 1. The lowest BCUT2D eigenvalue weighted by atomic mass is 10.0. The van der Waals surface area contributed by atoms with Crippen molar-refractivity contribution in [2.24, 2.45) is 7.05 Å². The summed E-state index contributed by atoms with van der Waals surface area (Å²) in [5.74, 6) is -0.0603. The van der Waals surface area contributed by atoms with Gasteiger partial charge in [0, 0.05) is 18.3 Å². The molecule has 1 atom stereocenters. The van der Waals surface area contributed by atoms with E-state index in [1.54, 1.807) is 16.0 Å². The van der Waals surface area contributed by atoms with Crippen LogP contribution in [-0.4, -0.2) is 15.7 Å². The highest BCUT2D eigenvalue weighted by Crippen LogP contribution is 2.25. The Kier molecular flexibility index (Phi) is 4.79. The third-order valence-electron chi connectivity index (χ3n) is 3.50. The molecule has 6 heteroatoms. The molecule has 3 aromatic rings. The molecule has 4 nitrogen and oxygen atoms in total. The van der Waals surface area contributed by atoms with E-state index in [1.165, 1.54) is 0 Å². The lowest BCUT2D eigenvalue weighted by Crippen LogP contribution is -2.30. The van der Waals surface area contributed by atoms with Gasteiger partial charge >= 0.3 is 0 Å². The van der Waals surface area contributed by atoms with Crippen LogP contribution in [0.15, 0.2) is 53.4 Å². The van der Waals surface area contributed by atoms with Crippen molar-refractivity contribution in [1.29, 1.82) is 0 Å². The molecule has 1 N–H and O–H groups in total. The van der Waals surface area contributed by atoms with Crippen molar-refractivity contribution in [2.75, 3.05) is 0 Å². The number of carbonyl (C=O) groups excluding carboxylic acids is 1. The molecule has 1 amide bonds. The van der Waals surface area contributed by atoms with Gasteiger partial charge in [-0.25, -0.2) is 0 Å². The van der Waals surface area contributed by atoms with Crippen molar-refractivity contribution < 1.29 is 4.79 Å². The largest absolute Gasteiger partial charge is 0.345 e. The topological polar surface area (TPSA) is 46.9 Å². The van der Waals surface area contributed by atoms with Gasteiger partial charge in [0.15, 0.2) is 0 Å². The normalized spacial score (nSPS) is 12.1. The summed E-state index contributed by atoms with van der Waals surface area (Å²) >= 11 is 7.57. The van der Waals surface area contributed by atoms with Gasteiger partial charge in [0.25, 0.3) is 0 Å². The monoisotopic (exact) mass is 345 g/mol. The van der Waals surface area contributed by atoms with Gasteiger partial charge in [-0.1, -0.05) is 23.7 Å². The number of rotatable bonds is 5. The maximum atomic E-state index is 12.4. The third kappa shape index (κ3) is 4.00. The Morgan fingerprint density at radius 2 is 2.04 bits per heavy atom. The molecule has 23 heavy (non-hydrogen) atoms. The van der Waals surface area contributed by atoms with Crippen LogP contribution in [0.25, 0.3) is 0 Å². The van der Waals surface area contributed by atoms with E-state index in [1.807, 2.05) is 60.4 Å². The highest BCUT2D eigenvalue weighted by atomic mass is 35.5. The predicted molar refractivity (Wildman–Crippen MR) is 92.7 cm³/mol. The summed E-state index contributed by atoms with van der Waals surface area (Å²) in [7, 11) is 1.84. The molecule has 3 rings (SSSR count). The minimum Gasteiger partial charge on any atom is -0.345 e. The minimum absolute atomic E-state index is 0.0603. The summed E-state index contributed by atoms with van der Waals surface area (Å²) in [4.78, 5) is 12.4. The molecule has 0 bridgehead atoms. The average Bonchev–Trinajstić information content (AvgIpc) is 3.18. The zero-order valence-corrected chi connectivity index (χ0v) is 14.1. The predicted octanol–water partition coefficient (Wildman–Crippen LogP) is 3.58. The Balaban J connectivity index is 1.78. The molecular weight excluding hydrogens is 330 g/mol. The van der Waals surface area contributed by atoms with E-state index in [0.717, 1.165) is 16.8 Å². The second-order valence-corrected chi connectivity index (χ2v) is 6.48. The molecule has 0 radical (unpaired) electrons. The second kappa shape index (κ2) is 6.98. The van der Waals surface area contributed by atoms with E-state index in [4.69, 9.17) is 11.6 Å². The van der Waals surface area contributed by atoms with Crippen LogP contribution in [0.2, 0.25) is 5.02 Å². The van der Waals surface area contributed by atoms with Gasteiger partial charge in [-0.3, -0.25) is 9.48 Å². The highest BCUT2D eigenvalue weighted by Gasteiger charge is 2.18. The minimum atomic E-state index is -0.185. The van der Waals surface area contributed by atoms with E-state index in [-0.39, 0.29) is 18.4 Å². The Labute approximate surface area is 143 Å². The SMILES string of the molecule is Cn1ccc(CC(=O)N[C@@H](c2ccc(Cl)cc2)c2ccsc2)n1. The molecule has 0 saturated heterocycles. The Hall–Kier alpha value is -2.11. The van der Waals surface area contributed by atoms with Crippen LogP contribution in [-0.2, 0) is 18.3 Å². The number of amides is 1. The zero-order valence-electron chi connectivity index (χ0n) is 12.6. The van der Waals surface area contributed by atoms with Crippen molar-refractivity contribution >= 4 is 28.8 Å². The van der Waals surface area contributed by atoms with Crippen LogP contribution >= 0.6 is 22.9 Å². The summed E-state index contributed by atoms with van der Waals surface area (Å²) in [5, 5.41) is 12.1. The summed E-state index contributed by atoms with van der Waals surface area (Å²) in [6.45, 7) is 0. The first-order valence-corrected chi connectivity index (χ1v) is 8.49. The first-order valence-electron chi connectivity index (χ1n) is 7.17. The average molecular weight is 346 g/mol. The van der Waals surface area contributed by atoms with Gasteiger partial charge in [-0.05, 0) is 46.2 Å².